The molecule has 3 N–H and O–H groups in total. The van der Waals surface area contributed by atoms with Gasteiger partial charge in [0.05, 0.1) is 12.8 Å². The van der Waals surface area contributed by atoms with Crippen molar-refractivity contribution in [3.63, 3.8) is 0 Å². The molecule has 0 atom stereocenters. The Hall–Kier alpha value is -1.27. The van der Waals surface area contributed by atoms with E-state index in [-0.39, 0.29) is 16.7 Å². The summed E-state index contributed by atoms with van der Waals surface area (Å²) in [5.74, 6) is 0.228. The molecule has 0 aliphatic heterocycles. The van der Waals surface area contributed by atoms with E-state index in [1.54, 1.807) is 6.07 Å². The van der Waals surface area contributed by atoms with Gasteiger partial charge < -0.3 is 10.5 Å². The summed E-state index contributed by atoms with van der Waals surface area (Å²) in [5.41, 5.74) is 7.99. The van der Waals surface area contributed by atoms with Gasteiger partial charge in [0, 0.05) is 6.04 Å². The molecule has 0 unspecified atom stereocenters. The SMILES string of the molecule is COc1c(S(=O)(=O)NC2CC2)cc(C)c(C)c1N. The van der Waals surface area contributed by atoms with E-state index in [1.807, 2.05) is 13.8 Å². The average Bonchev–Trinajstić information content (AvgIpc) is 3.08. The molecule has 18 heavy (non-hydrogen) atoms. The summed E-state index contributed by atoms with van der Waals surface area (Å²) in [4.78, 5) is 0.123. The van der Waals surface area contributed by atoms with Gasteiger partial charge in [-0.05, 0) is 43.9 Å². The number of anilines is 1. The second kappa shape index (κ2) is 4.44. The van der Waals surface area contributed by atoms with Crippen LogP contribution in [0.4, 0.5) is 5.69 Å². The summed E-state index contributed by atoms with van der Waals surface area (Å²) in [7, 11) is -2.13. The van der Waals surface area contributed by atoms with Crippen molar-refractivity contribution in [2.45, 2.75) is 37.6 Å². The number of hydrogen-bond acceptors (Lipinski definition) is 4. The molecule has 1 saturated carbocycles. The summed E-state index contributed by atoms with van der Waals surface area (Å²) in [6.07, 6.45) is 1.78. The fourth-order valence-electron chi connectivity index (χ4n) is 1.78. The van der Waals surface area contributed by atoms with Crippen LogP contribution in [0.2, 0.25) is 0 Å². The Morgan fingerprint density at radius 3 is 2.50 bits per heavy atom. The molecule has 1 aromatic rings. The monoisotopic (exact) mass is 270 g/mol. The first-order chi connectivity index (χ1) is 8.36. The maximum Gasteiger partial charge on any atom is 0.244 e. The van der Waals surface area contributed by atoms with Gasteiger partial charge in [-0.2, -0.15) is 0 Å². The zero-order valence-electron chi connectivity index (χ0n) is 10.8. The van der Waals surface area contributed by atoms with Crippen molar-refractivity contribution in [1.82, 2.24) is 4.72 Å². The molecule has 1 aliphatic carbocycles. The molecule has 0 bridgehead atoms. The third kappa shape index (κ3) is 2.30. The molecule has 1 aliphatic rings. The number of aryl methyl sites for hydroxylation is 1. The average molecular weight is 270 g/mol. The highest BCUT2D eigenvalue weighted by atomic mass is 32.2. The van der Waals surface area contributed by atoms with Crippen LogP contribution in [0.5, 0.6) is 5.75 Å². The van der Waals surface area contributed by atoms with Gasteiger partial charge in [0.2, 0.25) is 10.0 Å². The van der Waals surface area contributed by atoms with E-state index in [9.17, 15) is 8.42 Å². The smallest absolute Gasteiger partial charge is 0.244 e. The Morgan fingerprint density at radius 2 is 2.00 bits per heavy atom. The van der Waals surface area contributed by atoms with Crippen molar-refractivity contribution in [2.75, 3.05) is 12.8 Å². The quantitative estimate of drug-likeness (QED) is 0.809. The van der Waals surface area contributed by atoms with Crippen LogP contribution in [0, 0.1) is 13.8 Å². The lowest BCUT2D eigenvalue weighted by atomic mass is 10.1. The fraction of sp³-hybridized carbons (Fsp3) is 0.500. The second-order valence-electron chi connectivity index (χ2n) is 4.66. The van der Waals surface area contributed by atoms with Gasteiger partial charge in [-0.25, -0.2) is 13.1 Å². The van der Waals surface area contributed by atoms with E-state index in [1.165, 1.54) is 7.11 Å². The molecule has 0 radical (unpaired) electrons. The van der Waals surface area contributed by atoms with E-state index >= 15 is 0 Å². The van der Waals surface area contributed by atoms with Crippen molar-refractivity contribution in [3.8, 4) is 5.75 Å². The first kappa shape index (κ1) is 13.2. The zero-order valence-corrected chi connectivity index (χ0v) is 11.6. The molecule has 0 spiro atoms. The number of nitrogens with two attached hydrogens (primary N) is 1. The molecule has 0 aromatic heterocycles. The van der Waals surface area contributed by atoms with Crippen molar-refractivity contribution in [2.24, 2.45) is 0 Å². The maximum absolute atomic E-state index is 12.2. The number of benzene rings is 1. The van der Waals surface area contributed by atoms with E-state index in [0.29, 0.717) is 5.69 Å². The molecular formula is C12H18N2O3S. The number of hydrogen-bond donors (Lipinski definition) is 2. The minimum atomic E-state index is -3.56. The summed E-state index contributed by atoms with van der Waals surface area (Å²) >= 11 is 0. The Bertz CT molecular complexity index is 577. The van der Waals surface area contributed by atoms with Gasteiger partial charge in [-0.15, -0.1) is 0 Å². The summed E-state index contributed by atoms with van der Waals surface area (Å²) in [5, 5.41) is 0. The highest BCUT2D eigenvalue weighted by molar-refractivity contribution is 7.89. The van der Waals surface area contributed by atoms with Crippen LogP contribution >= 0.6 is 0 Å². The van der Waals surface area contributed by atoms with Crippen LogP contribution in [0.15, 0.2) is 11.0 Å². The minimum Gasteiger partial charge on any atom is -0.493 e. The lowest BCUT2D eigenvalue weighted by Crippen LogP contribution is -2.26. The maximum atomic E-state index is 12.2. The predicted octanol–water partition coefficient (Wildman–Crippen LogP) is 1.33. The number of ether oxygens (including phenoxy) is 1. The lowest BCUT2D eigenvalue weighted by molar-refractivity contribution is 0.404. The van der Waals surface area contributed by atoms with E-state index < -0.39 is 10.0 Å². The second-order valence-corrected chi connectivity index (χ2v) is 6.34. The highest BCUT2D eigenvalue weighted by Gasteiger charge is 2.31. The van der Waals surface area contributed by atoms with E-state index in [2.05, 4.69) is 4.72 Å². The first-order valence-electron chi connectivity index (χ1n) is 5.83. The normalized spacial score (nSPS) is 15.7. The number of sulfonamides is 1. The lowest BCUT2D eigenvalue weighted by Gasteiger charge is -2.16. The predicted molar refractivity (Wildman–Crippen MR) is 70.2 cm³/mol. The minimum absolute atomic E-state index is 0.0579. The number of nitrogens with one attached hydrogen (secondary N) is 1. The van der Waals surface area contributed by atoms with Crippen LogP contribution in [0.1, 0.15) is 24.0 Å². The third-order valence-electron chi connectivity index (χ3n) is 3.20. The molecule has 1 aromatic carbocycles. The molecule has 1 fully saturated rings. The van der Waals surface area contributed by atoms with Crippen molar-refractivity contribution in [1.29, 1.82) is 0 Å². The molecule has 0 heterocycles. The van der Waals surface area contributed by atoms with Crippen molar-refractivity contribution >= 4 is 15.7 Å². The van der Waals surface area contributed by atoms with Gasteiger partial charge in [-0.1, -0.05) is 0 Å². The molecule has 100 valence electrons. The zero-order chi connectivity index (χ0) is 13.5. The molecule has 5 nitrogen and oxygen atoms in total. The Labute approximate surface area is 107 Å². The van der Waals surface area contributed by atoms with Gasteiger partial charge in [-0.3, -0.25) is 0 Å². The molecule has 2 rings (SSSR count). The van der Waals surface area contributed by atoms with Gasteiger partial charge in [0.15, 0.2) is 5.75 Å². The van der Waals surface area contributed by atoms with Crippen LogP contribution < -0.4 is 15.2 Å². The van der Waals surface area contributed by atoms with Crippen LogP contribution in [-0.4, -0.2) is 21.6 Å². The Morgan fingerprint density at radius 1 is 1.39 bits per heavy atom. The first-order valence-corrected chi connectivity index (χ1v) is 7.31. The summed E-state index contributed by atoms with van der Waals surface area (Å²) in [6.45, 7) is 3.68. The Balaban J connectivity index is 2.55. The van der Waals surface area contributed by atoms with Gasteiger partial charge in [0.1, 0.15) is 4.90 Å². The number of methoxy groups -OCH3 is 1. The van der Waals surface area contributed by atoms with Gasteiger partial charge in [0.25, 0.3) is 0 Å². The largest absolute Gasteiger partial charge is 0.493 e. The van der Waals surface area contributed by atoms with Crippen molar-refractivity contribution < 1.29 is 13.2 Å². The molecule has 6 heteroatoms. The summed E-state index contributed by atoms with van der Waals surface area (Å²) < 4.78 is 32.3. The van der Waals surface area contributed by atoms with Crippen LogP contribution in [0.25, 0.3) is 0 Å². The standard InChI is InChI=1S/C12H18N2O3S/c1-7-6-10(12(17-3)11(13)8(7)2)18(15,16)14-9-4-5-9/h6,9,14H,4-5,13H2,1-3H3. The molecule has 0 amide bonds. The Kier molecular flexibility index (Phi) is 3.25. The van der Waals surface area contributed by atoms with Crippen LogP contribution in [-0.2, 0) is 10.0 Å². The highest BCUT2D eigenvalue weighted by Crippen LogP contribution is 2.35. The number of rotatable bonds is 4. The fourth-order valence-corrected chi connectivity index (χ4v) is 3.35. The topological polar surface area (TPSA) is 81.4 Å². The summed E-state index contributed by atoms with van der Waals surface area (Å²) in [6, 6.07) is 1.66. The van der Waals surface area contributed by atoms with E-state index in [0.717, 1.165) is 24.0 Å². The molecule has 0 saturated heterocycles. The van der Waals surface area contributed by atoms with E-state index in [4.69, 9.17) is 10.5 Å². The van der Waals surface area contributed by atoms with Crippen molar-refractivity contribution in [3.05, 3.63) is 17.2 Å². The van der Waals surface area contributed by atoms with Gasteiger partial charge >= 0.3 is 0 Å². The van der Waals surface area contributed by atoms with Crippen LogP contribution in [0.3, 0.4) is 0 Å². The third-order valence-corrected chi connectivity index (χ3v) is 4.73. The molecular weight excluding hydrogens is 252 g/mol. The number of nitrogen functional groups attached to an aromatic ring is 1.